The molecule has 0 saturated heterocycles. The molecule has 15 heavy (non-hydrogen) atoms. The second-order valence-corrected chi connectivity index (χ2v) is 3.90. The van der Waals surface area contributed by atoms with Crippen LogP contribution in [-0.2, 0) is 4.74 Å². The number of nitrogens with one attached hydrogen (secondary N) is 1. The molecule has 0 aromatic heterocycles. The summed E-state index contributed by atoms with van der Waals surface area (Å²) in [6.07, 6.45) is 0. The Labute approximate surface area is 92.6 Å². The fourth-order valence-corrected chi connectivity index (χ4v) is 1.40. The van der Waals surface area contributed by atoms with E-state index in [2.05, 4.69) is 43.4 Å². The van der Waals surface area contributed by atoms with E-state index < -0.39 is 0 Å². The second-order valence-electron chi connectivity index (χ2n) is 3.90. The number of hydrogen-bond donors (Lipinski definition) is 1. The SMILES string of the molecule is CCOCCNc1ccc(C(C)C)cc1. The molecule has 0 heterocycles. The lowest BCUT2D eigenvalue weighted by molar-refractivity contribution is 0.158. The van der Waals surface area contributed by atoms with Crippen molar-refractivity contribution < 1.29 is 4.74 Å². The third kappa shape index (κ3) is 4.34. The summed E-state index contributed by atoms with van der Waals surface area (Å²) in [6, 6.07) is 8.60. The van der Waals surface area contributed by atoms with Gasteiger partial charge in [-0.15, -0.1) is 0 Å². The van der Waals surface area contributed by atoms with E-state index in [1.165, 1.54) is 11.3 Å². The largest absolute Gasteiger partial charge is 0.383 e. The van der Waals surface area contributed by atoms with Crippen LogP contribution >= 0.6 is 0 Å². The van der Waals surface area contributed by atoms with Gasteiger partial charge in [-0.1, -0.05) is 26.0 Å². The molecule has 0 aliphatic rings. The lowest BCUT2D eigenvalue weighted by Crippen LogP contribution is -2.09. The zero-order valence-corrected chi connectivity index (χ0v) is 9.92. The van der Waals surface area contributed by atoms with Crippen LogP contribution in [-0.4, -0.2) is 19.8 Å². The summed E-state index contributed by atoms with van der Waals surface area (Å²) in [5, 5.41) is 3.32. The lowest BCUT2D eigenvalue weighted by Gasteiger charge is -2.09. The summed E-state index contributed by atoms with van der Waals surface area (Å²) in [5.74, 6) is 0.600. The number of hydrogen-bond acceptors (Lipinski definition) is 2. The van der Waals surface area contributed by atoms with Crippen LogP contribution in [0.1, 0.15) is 32.3 Å². The Kier molecular flexibility index (Phi) is 5.19. The first kappa shape index (κ1) is 12.1. The van der Waals surface area contributed by atoms with Crippen LogP contribution in [0.15, 0.2) is 24.3 Å². The van der Waals surface area contributed by atoms with Crippen molar-refractivity contribution >= 4 is 5.69 Å². The normalized spacial score (nSPS) is 10.7. The molecule has 0 spiro atoms. The summed E-state index contributed by atoms with van der Waals surface area (Å²) in [7, 11) is 0. The molecule has 1 aromatic carbocycles. The number of benzene rings is 1. The van der Waals surface area contributed by atoms with Crippen LogP contribution in [0.5, 0.6) is 0 Å². The fourth-order valence-electron chi connectivity index (χ4n) is 1.40. The lowest BCUT2D eigenvalue weighted by atomic mass is 10.0. The van der Waals surface area contributed by atoms with Gasteiger partial charge in [-0.25, -0.2) is 0 Å². The van der Waals surface area contributed by atoms with E-state index in [1.807, 2.05) is 6.92 Å². The van der Waals surface area contributed by atoms with Gasteiger partial charge in [0.05, 0.1) is 6.61 Å². The minimum absolute atomic E-state index is 0.600. The van der Waals surface area contributed by atoms with E-state index in [4.69, 9.17) is 4.74 Å². The molecule has 1 rings (SSSR count). The third-order valence-electron chi connectivity index (χ3n) is 2.36. The Morgan fingerprint density at radius 2 is 1.87 bits per heavy atom. The molecular formula is C13H21NO. The Hall–Kier alpha value is -1.02. The first-order valence-electron chi connectivity index (χ1n) is 5.65. The zero-order chi connectivity index (χ0) is 11.1. The predicted octanol–water partition coefficient (Wildman–Crippen LogP) is 3.26. The molecular weight excluding hydrogens is 186 g/mol. The van der Waals surface area contributed by atoms with Gasteiger partial charge in [0.1, 0.15) is 0 Å². The van der Waals surface area contributed by atoms with Crippen LogP contribution in [0.4, 0.5) is 5.69 Å². The average Bonchev–Trinajstić information content (AvgIpc) is 2.25. The first-order chi connectivity index (χ1) is 7.24. The molecule has 0 amide bonds. The molecule has 0 radical (unpaired) electrons. The highest BCUT2D eigenvalue weighted by Gasteiger charge is 1.97. The van der Waals surface area contributed by atoms with Crippen molar-refractivity contribution in [3.8, 4) is 0 Å². The quantitative estimate of drug-likeness (QED) is 0.723. The Bertz CT molecular complexity index is 266. The first-order valence-corrected chi connectivity index (χ1v) is 5.65. The van der Waals surface area contributed by atoms with Crippen molar-refractivity contribution in [2.45, 2.75) is 26.7 Å². The molecule has 2 heteroatoms. The van der Waals surface area contributed by atoms with Crippen LogP contribution in [0, 0.1) is 0 Å². The maximum absolute atomic E-state index is 5.25. The summed E-state index contributed by atoms with van der Waals surface area (Å²) in [4.78, 5) is 0. The fraction of sp³-hybridized carbons (Fsp3) is 0.538. The van der Waals surface area contributed by atoms with Gasteiger partial charge in [0.15, 0.2) is 0 Å². The van der Waals surface area contributed by atoms with Crippen molar-refractivity contribution in [3.05, 3.63) is 29.8 Å². The highest BCUT2D eigenvalue weighted by molar-refractivity contribution is 5.45. The number of ether oxygens (including phenoxy) is 1. The third-order valence-corrected chi connectivity index (χ3v) is 2.36. The molecule has 0 atom stereocenters. The maximum atomic E-state index is 5.25. The van der Waals surface area contributed by atoms with Crippen LogP contribution in [0.2, 0.25) is 0 Å². The minimum atomic E-state index is 0.600. The van der Waals surface area contributed by atoms with E-state index >= 15 is 0 Å². The van der Waals surface area contributed by atoms with Gasteiger partial charge in [0, 0.05) is 18.8 Å². The molecule has 0 bridgehead atoms. The van der Waals surface area contributed by atoms with Crippen molar-refractivity contribution in [1.29, 1.82) is 0 Å². The van der Waals surface area contributed by atoms with Gasteiger partial charge in [0.2, 0.25) is 0 Å². The number of rotatable bonds is 6. The molecule has 0 aliphatic heterocycles. The molecule has 0 saturated carbocycles. The highest BCUT2D eigenvalue weighted by atomic mass is 16.5. The van der Waals surface area contributed by atoms with Gasteiger partial charge in [0.25, 0.3) is 0 Å². The molecule has 0 fully saturated rings. The van der Waals surface area contributed by atoms with Crippen LogP contribution in [0.3, 0.4) is 0 Å². The van der Waals surface area contributed by atoms with Gasteiger partial charge in [-0.3, -0.25) is 0 Å². The maximum Gasteiger partial charge on any atom is 0.0638 e. The zero-order valence-electron chi connectivity index (χ0n) is 9.92. The minimum Gasteiger partial charge on any atom is -0.383 e. The molecule has 0 aliphatic carbocycles. The Balaban J connectivity index is 2.36. The van der Waals surface area contributed by atoms with Crippen molar-refractivity contribution in [3.63, 3.8) is 0 Å². The van der Waals surface area contributed by atoms with E-state index in [0.29, 0.717) is 5.92 Å². The van der Waals surface area contributed by atoms with Crippen LogP contribution < -0.4 is 5.32 Å². The highest BCUT2D eigenvalue weighted by Crippen LogP contribution is 2.16. The van der Waals surface area contributed by atoms with Gasteiger partial charge < -0.3 is 10.1 Å². The van der Waals surface area contributed by atoms with E-state index in [1.54, 1.807) is 0 Å². The Morgan fingerprint density at radius 1 is 1.20 bits per heavy atom. The van der Waals surface area contributed by atoms with Crippen molar-refractivity contribution in [2.75, 3.05) is 25.1 Å². The molecule has 84 valence electrons. The molecule has 2 nitrogen and oxygen atoms in total. The second kappa shape index (κ2) is 6.46. The average molecular weight is 207 g/mol. The Morgan fingerprint density at radius 3 is 2.40 bits per heavy atom. The summed E-state index contributed by atoms with van der Waals surface area (Å²) in [6.45, 7) is 8.84. The van der Waals surface area contributed by atoms with Gasteiger partial charge in [-0.05, 0) is 30.5 Å². The monoisotopic (exact) mass is 207 g/mol. The summed E-state index contributed by atoms with van der Waals surface area (Å²) in [5.41, 5.74) is 2.55. The van der Waals surface area contributed by atoms with Gasteiger partial charge >= 0.3 is 0 Å². The standard InChI is InChI=1S/C13H21NO/c1-4-15-10-9-14-13-7-5-12(6-8-13)11(2)3/h5-8,11,14H,4,9-10H2,1-3H3. The van der Waals surface area contributed by atoms with E-state index in [-0.39, 0.29) is 0 Å². The smallest absolute Gasteiger partial charge is 0.0638 e. The number of anilines is 1. The molecule has 1 aromatic rings. The molecule has 1 N–H and O–H groups in total. The summed E-state index contributed by atoms with van der Waals surface area (Å²) >= 11 is 0. The topological polar surface area (TPSA) is 21.3 Å². The predicted molar refractivity (Wildman–Crippen MR) is 65.5 cm³/mol. The summed E-state index contributed by atoms with van der Waals surface area (Å²) < 4.78 is 5.25. The van der Waals surface area contributed by atoms with E-state index in [0.717, 1.165) is 19.8 Å². The van der Waals surface area contributed by atoms with Crippen molar-refractivity contribution in [2.24, 2.45) is 0 Å². The van der Waals surface area contributed by atoms with E-state index in [9.17, 15) is 0 Å². The van der Waals surface area contributed by atoms with Gasteiger partial charge in [-0.2, -0.15) is 0 Å². The van der Waals surface area contributed by atoms with Crippen molar-refractivity contribution in [1.82, 2.24) is 0 Å². The van der Waals surface area contributed by atoms with Crippen LogP contribution in [0.25, 0.3) is 0 Å². The molecule has 0 unspecified atom stereocenters.